The van der Waals surface area contributed by atoms with Gasteiger partial charge in [-0.3, -0.25) is 0 Å². The summed E-state index contributed by atoms with van der Waals surface area (Å²) in [5.41, 5.74) is 1.36. The fourth-order valence-corrected chi connectivity index (χ4v) is 2.70. The molecule has 0 saturated carbocycles. The minimum Gasteiger partial charge on any atom is -0.492 e. The van der Waals surface area contributed by atoms with Gasteiger partial charge < -0.3 is 13.9 Å². The highest BCUT2D eigenvalue weighted by atomic mass is 16.5. The molecule has 27 heavy (non-hydrogen) atoms. The number of hydrogen-bond acceptors (Lipinski definition) is 6. The van der Waals surface area contributed by atoms with E-state index >= 15 is 0 Å². The Bertz CT molecular complexity index is 1080. The van der Waals surface area contributed by atoms with E-state index in [1.807, 2.05) is 42.5 Å². The number of ether oxygens (including phenoxy) is 2. The number of benzene rings is 2. The van der Waals surface area contributed by atoms with E-state index in [0.717, 1.165) is 5.56 Å². The maximum atomic E-state index is 12.1. The number of nitrogens with zero attached hydrogens (tertiary/aromatic N) is 2. The van der Waals surface area contributed by atoms with Gasteiger partial charge in [0.2, 0.25) is 0 Å². The van der Waals surface area contributed by atoms with Crippen molar-refractivity contribution in [3.05, 3.63) is 59.0 Å². The third kappa shape index (κ3) is 4.26. The molecule has 0 N–H and O–H groups in total. The van der Waals surface area contributed by atoms with Crippen molar-refractivity contribution in [3.8, 4) is 34.8 Å². The van der Waals surface area contributed by atoms with Gasteiger partial charge in [-0.05, 0) is 5.56 Å². The molecule has 2 aromatic carbocycles. The van der Waals surface area contributed by atoms with Gasteiger partial charge in [-0.25, -0.2) is 4.79 Å². The maximum absolute atomic E-state index is 12.1. The zero-order chi connectivity index (χ0) is 19.1. The Morgan fingerprint density at radius 1 is 0.926 bits per heavy atom. The molecule has 0 unspecified atom stereocenters. The van der Waals surface area contributed by atoms with E-state index in [2.05, 4.69) is 0 Å². The fourth-order valence-electron chi connectivity index (χ4n) is 2.70. The van der Waals surface area contributed by atoms with Gasteiger partial charge in [-0.15, -0.1) is 0 Å². The van der Waals surface area contributed by atoms with Crippen LogP contribution in [0.4, 0.5) is 0 Å². The van der Waals surface area contributed by atoms with Crippen molar-refractivity contribution in [2.24, 2.45) is 0 Å². The highest BCUT2D eigenvalue weighted by Gasteiger charge is 2.15. The molecule has 0 atom stereocenters. The summed E-state index contributed by atoms with van der Waals surface area (Å²) >= 11 is 0. The van der Waals surface area contributed by atoms with Crippen molar-refractivity contribution in [1.82, 2.24) is 0 Å². The number of hydrogen-bond donors (Lipinski definition) is 0. The molecule has 6 nitrogen and oxygen atoms in total. The molecule has 1 aromatic heterocycles. The highest BCUT2D eigenvalue weighted by Crippen LogP contribution is 2.37. The third-order valence-electron chi connectivity index (χ3n) is 3.82. The quantitative estimate of drug-likeness (QED) is 0.466. The molecular formula is C21H16N2O4. The first kappa shape index (κ1) is 18.0. The van der Waals surface area contributed by atoms with Gasteiger partial charge in [0, 0.05) is 23.8 Å². The number of nitriles is 2. The monoisotopic (exact) mass is 360 g/mol. The zero-order valence-electron chi connectivity index (χ0n) is 14.5. The molecule has 3 rings (SSSR count). The first-order valence-electron chi connectivity index (χ1n) is 8.40. The molecule has 0 bridgehead atoms. The molecule has 0 saturated heterocycles. The normalized spacial score (nSPS) is 10.1. The van der Waals surface area contributed by atoms with Gasteiger partial charge >= 0.3 is 5.63 Å². The first-order chi connectivity index (χ1) is 13.2. The van der Waals surface area contributed by atoms with Gasteiger partial charge in [0.05, 0.1) is 30.4 Å². The van der Waals surface area contributed by atoms with Crippen molar-refractivity contribution in [1.29, 1.82) is 10.5 Å². The molecule has 0 aliphatic heterocycles. The molecule has 0 spiro atoms. The van der Waals surface area contributed by atoms with Crippen molar-refractivity contribution < 1.29 is 13.9 Å². The summed E-state index contributed by atoms with van der Waals surface area (Å²) in [6.45, 7) is 0.406. The average molecular weight is 360 g/mol. The van der Waals surface area contributed by atoms with Gasteiger partial charge in [-0.1, -0.05) is 30.3 Å². The van der Waals surface area contributed by atoms with E-state index < -0.39 is 5.63 Å². The molecule has 0 fully saturated rings. The minimum absolute atomic E-state index is 0.195. The van der Waals surface area contributed by atoms with Gasteiger partial charge in [0.15, 0.2) is 0 Å². The standard InChI is InChI=1S/C21H16N2O4/c22-8-4-10-25-16-12-18(26-11-5-9-23)21-17(15-6-2-1-3-7-15)14-20(24)27-19(21)13-16/h1-3,6-7,12-14H,4-5,10-11H2. The average Bonchev–Trinajstić information content (AvgIpc) is 2.68. The summed E-state index contributed by atoms with van der Waals surface area (Å²) in [4.78, 5) is 12.1. The molecule has 3 aromatic rings. The lowest BCUT2D eigenvalue weighted by molar-refractivity contribution is 0.312. The Balaban J connectivity index is 2.17. The third-order valence-corrected chi connectivity index (χ3v) is 3.82. The smallest absolute Gasteiger partial charge is 0.336 e. The SMILES string of the molecule is N#CCCOc1cc(OCCC#N)c2c(-c3ccccc3)cc(=O)oc2c1. The lowest BCUT2D eigenvalue weighted by Gasteiger charge is -2.14. The van der Waals surface area contributed by atoms with Gasteiger partial charge in [0.25, 0.3) is 0 Å². The van der Waals surface area contributed by atoms with E-state index in [-0.39, 0.29) is 26.1 Å². The van der Waals surface area contributed by atoms with E-state index in [9.17, 15) is 4.79 Å². The van der Waals surface area contributed by atoms with Crippen LogP contribution < -0.4 is 15.1 Å². The Hall–Kier alpha value is -3.77. The molecule has 134 valence electrons. The van der Waals surface area contributed by atoms with Crippen LogP contribution >= 0.6 is 0 Å². The molecule has 6 heteroatoms. The summed E-state index contributed by atoms with van der Waals surface area (Å²) in [7, 11) is 0. The van der Waals surface area contributed by atoms with Crippen LogP contribution in [0.2, 0.25) is 0 Å². The summed E-state index contributed by atoms with van der Waals surface area (Å²) in [5, 5.41) is 18.1. The molecular weight excluding hydrogens is 344 g/mol. The van der Waals surface area contributed by atoms with Crippen LogP contribution in [0.25, 0.3) is 22.1 Å². The minimum atomic E-state index is -0.487. The van der Waals surface area contributed by atoms with Crippen molar-refractivity contribution >= 4 is 11.0 Å². The molecule has 0 aliphatic rings. The second-order valence-corrected chi connectivity index (χ2v) is 5.65. The Kier molecular flexibility index (Phi) is 5.71. The van der Waals surface area contributed by atoms with E-state index in [4.69, 9.17) is 24.4 Å². The van der Waals surface area contributed by atoms with E-state index in [0.29, 0.717) is 28.0 Å². The first-order valence-corrected chi connectivity index (χ1v) is 8.40. The van der Waals surface area contributed by atoms with Crippen molar-refractivity contribution in [3.63, 3.8) is 0 Å². The molecule has 0 radical (unpaired) electrons. The largest absolute Gasteiger partial charge is 0.492 e. The number of fused-ring (bicyclic) bond motifs is 1. The molecule has 1 heterocycles. The molecule has 0 amide bonds. The summed E-state index contributed by atoms with van der Waals surface area (Å²) in [5.74, 6) is 0.885. The lowest BCUT2D eigenvalue weighted by atomic mass is 10.0. The van der Waals surface area contributed by atoms with Crippen LogP contribution in [0.5, 0.6) is 11.5 Å². The predicted octanol–water partition coefficient (Wildman–Crippen LogP) is 4.04. The van der Waals surface area contributed by atoms with Crippen LogP contribution in [0.15, 0.2) is 57.7 Å². The Morgan fingerprint density at radius 3 is 2.33 bits per heavy atom. The summed E-state index contributed by atoms with van der Waals surface area (Å²) in [6, 6.07) is 18.2. The van der Waals surface area contributed by atoms with Gasteiger partial charge in [0.1, 0.15) is 30.3 Å². The van der Waals surface area contributed by atoms with Crippen molar-refractivity contribution in [2.75, 3.05) is 13.2 Å². The summed E-state index contributed by atoms with van der Waals surface area (Å²) < 4.78 is 16.7. The predicted molar refractivity (Wildman–Crippen MR) is 99.4 cm³/mol. The van der Waals surface area contributed by atoms with Crippen LogP contribution in [0, 0.1) is 22.7 Å². The van der Waals surface area contributed by atoms with Crippen LogP contribution in [-0.2, 0) is 0 Å². The second-order valence-electron chi connectivity index (χ2n) is 5.65. The highest BCUT2D eigenvalue weighted by molar-refractivity contribution is 5.98. The summed E-state index contributed by atoms with van der Waals surface area (Å²) in [6.07, 6.45) is 0.453. The van der Waals surface area contributed by atoms with Crippen molar-refractivity contribution in [2.45, 2.75) is 12.8 Å². The van der Waals surface area contributed by atoms with E-state index in [1.165, 1.54) is 6.07 Å². The van der Waals surface area contributed by atoms with Gasteiger partial charge in [-0.2, -0.15) is 10.5 Å². The Labute approximate surface area is 155 Å². The zero-order valence-corrected chi connectivity index (χ0v) is 14.5. The topological polar surface area (TPSA) is 96.2 Å². The van der Waals surface area contributed by atoms with Crippen LogP contribution in [0.1, 0.15) is 12.8 Å². The number of rotatable bonds is 7. The van der Waals surface area contributed by atoms with Crippen LogP contribution in [-0.4, -0.2) is 13.2 Å². The fraction of sp³-hybridized carbons (Fsp3) is 0.190. The Morgan fingerprint density at radius 2 is 1.63 bits per heavy atom. The van der Waals surface area contributed by atoms with Crippen LogP contribution in [0.3, 0.4) is 0 Å². The lowest BCUT2D eigenvalue weighted by Crippen LogP contribution is -2.03. The second kappa shape index (κ2) is 8.55. The van der Waals surface area contributed by atoms with E-state index in [1.54, 1.807) is 12.1 Å². The molecule has 0 aliphatic carbocycles. The maximum Gasteiger partial charge on any atom is 0.336 e.